The summed E-state index contributed by atoms with van der Waals surface area (Å²) in [5, 5.41) is 11.4. The zero-order valence-corrected chi connectivity index (χ0v) is 13.8. The Morgan fingerprint density at radius 3 is 2.96 bits per heavy atom. The van der Waals surface area contributed by atoms with E-state index in [1.165, 1.54) is 24.2 Å². The predicted octanol–water partition coefficient (Wildman–Crippen LogP) is 3.26. The summed E-state index contributed by atoms with van der Waals surface area (Å²) in [6, 6.07) is 6.16. The summed E-state index contributed by atoms with van der Waals surface area (Å²) < 4.78 is 15.7. The Bertz CT molecular complexity index is 703. The van der Waals surface area contributed by atoms with Crippen molar-refractivity contribution in [3.8, 4) is 0 Å². The Kier molecular flexibility index (Phi) is 4.95. The summed E-state index contributed by atoms with van der Waals surface area (Å²) in [6.45, 7) is 2.69. The van der Waals surface area contributed by atoms with Crippen molar-refractivity contribution < 1.29 is 9.18 Å². The molecule has 0 aliphatic carbocycles. The average Bonchev–Trinajstić information content (AvgIpc) is 2.77. The summed E-state index contributed by atoms with van der Waals surface area (Å²) in [5.74, 6) is 0.312. The number of carbonyl (C=O) groups is 1. The Hall–Kier alpha value is -1.89. The van der Waals surface area contributed by atoms with Crippen LogP contribution in [0.3, 0.4) is 0 Å². The lowest BCUT2D eigenvalue weighted by Gasteiger charge is -2.13. The average molecular weight is 334 g/mol. The number of aromatic nitrogens is 3. The molecule has 122 valence electrons. The van der Waals surface area contributed by atoms with Crippen LogP contribution in [-0.4, -0.2) is 25.9 Å². The molecular weight excluding hydrogens is 315 g/mol. The van der Waals surface area contributed by atoms with Crippen molar-refractivity contribution in [1.82, 2.24) is 14.8 Å². The van der Waals surface area contributed by atoms with Gasteiger partial charge in [-0.1, -0.05) is 30.3 Å². The quantitative estimate of drug-likeness (QED) is 0.872. The van der Waals surface area contributed by atoms with Crippen molar-refractivity contribution in [2.75, 3.05) is 5.32 Å². The number of hydrogen-bond donors (Lipinski definition) is 1. The molecule has 1 N–H and O–H groups in total. The number of rotatable bonds is 4. The molecule has 0 saturated heterocycles. The first-order valence-electron chi connectivity index (χ1n) is 7.79. The highest BCUT2D eigenvalue weighted by Gasteiger charge is 2.21. The van der Waals surface area contributed by atoms with Gasteiger partial charge >= 0.3 is 0 Å². The third-order valence-corrected chi connectivity index (χ3v) is 4.94. The van der Waals surface area contributed by atoms with Crippen molar-refractivity contribution in [3.05, 3.63) is 35.9 Å². The predicted molar refractivity (Wildman–Crippen MR) is 87.9 cm³/mol. The normalized spacial score (nSPS) is 15.6. The summed E-state index contributed by atoms with van der Waals surface area (Å²) in [5.41, 5.74) is 0.199. The van der Waals surface area contributed by atoms with Crippen molar-refractivity contribution in [3.63, 3.8) is 0 Å². The van der Waals surface area contributed by atoms with Gasteiger partial charge in [0.15, 0.2) is 5.16 Å². The molecule has 5 nitrogen and oxygen atoms in total. The molecule has 1 aromatic carbocycles. The smallest absolute Gasteiger partial charge is 0.237 e. The highest BCUT2D eigenvalue weighted by Crippen LogP contribution is 2.26. The summed E-state index contributed by atoms with van der Waals surface area (Å²) in [7, 11) is 0. The minimum Gasteiger partial charge on any atom is -0.323 e. The van der Waals surface area contributed by atoms with E-state index in [1.54, 1.807) is 25.1 Å². The number of nitrogens with one attached hydrogen (secondary N) is 1. The largest absolute Gasteiger partial charge is 0.323 e. The van der Waals surface area contributed by atoms with Crippen LogP contribution in [0.4, 0.5) is 10.1 Å². The van der Waals surface area contributed by atoms with E-state index >= 15 is 0 Å². The van der Waals surface area contributed by atoms with E-state index in [0.717, 1.165) is 36.8 Å². The van der Waals surface area contributed by atoms with E-state index in [-0.39, 0.29) is 16.8 Å². The number of thioether (sulfide) groups is 1. The number of para-hydroxylation sites is 1. The Labute approximate surface area is 138 Å². The molecule has 1 aliphatic rings. The second-order valence-electron chi connectivity index (χ2n) is 5.59. The first kappa shape index (κ1) is 16.0. The molecule has 7 heteroatoms. The first-order valence-corrected chi connectivity index (χ1v) is 8.67. The molecule has 0 bridgehead atoms. The molecular formula is C16H19FN4OS. The summed E-state index contributed by atoms with van der Waals surface area (Å²) >= 11 is 1.36. The van der Waals surface area contributed by atoms with E-state index in [2.05, 4.69) is 20.1 Å². The highest BCUT2D eigenvalue weighted by atomic mass is 32.2. The van der Waals surface area contributed by atoms with Crippen LogP contribution >= 0.6 is 11.8 Å². The fourth-order valence-electron chi connectivity index (χ4n) is 2.55. The van der Waals surface area contributed by atoms with E-state index in [0.29, 0.717) is 0 Å². The summed E-state index contributed by atoms with van der Waals surface area (Å²) in [6.07, 6.45) is 4.36. The molecule has 1 aliphatic heterocycles. The van der Waals surface area contributed by atoms with Crippen LogP contribution in [0.25, 0.3) is 0 Å². The molecule has 1 aromatic heterocycles. The molecule has 1 amide bonds. The minimum absolute atomic E-state index is 0.199. The maximum Gasteiger partial charge on any atom is 0.237 e. The number of carbonyl (C=O) groups excluding carboxylic acids is 1. The topological polar surface area (TPSA) is 59.8 Å². The standard InChI is InChI=1S/C16H19FN4OS/c1-11(15(22)18-13-8-5-4-7-12(13)17)23-16-20-19-14-9-3-2-6-10-21(14)16/h4-5,7-8,11H,2-3,6,9-10H2,1H3,(H,18,22). The lowest BCUT2D eigenvalue weighted by molar-refractivity contribution is -0.115. The zero-order valence-electron chi connectivity index (χ0n) is 13.0. The maximum absolute atomic E-state index is 13.6. The molecule has 23 heavy (non-hydrogen) atoms. The van der Waals surface area contributed by atoms with E-state index < -0.39 is 5.82 Å². The van der Waals surface area contributed by atoms with Gasteiger partial charge in [-0.15, -0.1) is 10.2 Å². The number of anilines is 1. The summed E-state index contributed by atoms with van der Waals surface area (Å²) in [4.78, 5) is 12.3. The number of hydrogen-bond acceptors (Lipinski definition) is 4. The third kappa shape index (κ3) is 3.72. The Balaban J connectivity index is 1.67. The first-order chi connectivity index (χ1) is 11.1. The fraction of sp³-hybridized carbons (Fsp3) is 0.438. The molecule has 1 unspecified atom stereocenters. The second kappa shape index (κ2) is 7.12. The van der Waals surface area contributed by atoms with Crippen LogP contribution in [0.5, 0.6) is 0 Å². The number of amides is 1. The second-order valence-corrected chi connectivity index (χ2v) is 6.90. The van der Waals surface area contributed by atoms with Crippen molar-refractivity contribution in [1.29, 1.82) is 0 Å². The van der Waals surface area contributed by atoms with Gasteiger partial charge in [-0.2, -0.15) is 0 Å². The minimum atomic E-state index is -0.436. The fourth-order valence-corrected chi connectivity index (χ4v) is 3.45. The van der Waals surface area contributed by atoms with Crippen molar-refractivity contribution in [2.45, 2.75) is 49.6 Å². The lowest BCUT2D eigenvalue weighted by atomic mass is 10.2. The zero-order chi connectivity index (χ0) is 16.2. The van der Waals surface area contributed by atoms with Gasteiger partial charge in [0.1, 0.15) is 11.6 Å². The van der Waals surface area contributed by atoms with Gasteiger partial charge in [0.25, 0.3) is 0 Å². The lowest BCUT2D eigenvalue weighted by Crippen LogP contribution is -2.23. The van der Waals surface area contributed by atoms with Gasteiger partial charge in [0.05, 0.1) is 10.9 Å². The van der Waals surface area contributed by atoms with Gasteiger partial charge in [-0.3, -0.25) is 4.79 Å². The van der Waals surface area contributed by atoms with Gasteiger partial charge in [-0.05, 0) is 31.9 Å². The van der Waals surface area contributed by atoms with Gasteiger partial charge in [0, 0.05) is 13.0 Å². The number of benzene rings is 1. The van der Waals surface area contributed by atoms with Crippen LogP contribution in [0.1, 0.15) is 32.0 Å². The molecule has 0 radical (unpaired) electrons. The highest BCUT2D eigenvalue weighted by molar-refractivity contribution is 8.00. The van der Waals surface area contributed by atoms with Crippen LogP contribution in [-0.2, 0) is 17.8 Å². The molecule has 2 heterocycles. The maximum atomic E-state index is 13.6. The van der Waals surface area contributed by atoms with Gasteiger partial charge < -0.3 is 9.88 Å². The molecule has 2 aromatic rings. The van der Waals surface area contributed by atoms with Crippen molar-refractivity contribution in [2.24, 2.45) is 0 Å². The number of fused-ring (bicyclic) bond motifs is 1. The van der Waals surface area contributed by atoms with Crippen LogP contribution < -0.4 is 5.32 Å². The van der Waals surface area contributed by atoms with Crippen LogP contribution in [0.2, 0.25) is 0 Å². The molecule has 3 rings (SSSR count). The SMILES string of the molecule is CC(Sc1nnc2n1CCCCC2)C(=O)Nc1ccccc1F. The molecule has 0 saturated carbocycles. The number of halogens is 1. The monoisotopic (exact) mass is 334 g/mol. The Morgan fingerprint density at radius 1 is 1.30 bits per heavy atom. The molecule has 0 spiro atoms. The Morgan fingerprint density at radius 2 is 2.13 bits per heavy atom. The van der Waals surface area contributed by atoms with Crippen molar-refractivity contribution >= 4 is 23.4 Å². The van der Waals surface area contributed by atoms with E-state index in [9.17, 15) is 9.18 Å². The van der Waals surface area contributed by atoms with Gasteiger partial charge in [0.2, 0.25) is 5.91 Å². The third-order valence-electron chi connectivity index (χ3n) is 3.86. The molecule has 0 fully saturated rings. The number of aryl methyl sites for hydroxylation is 1. The number of nitrogens with zero attached hydrogens (tertiary/aromatic N) is 3. The van der Waals surface area contributed by atoms with E-state index in [4.69, 9.17) is 0 Å². The molecule has 1 atom stereocenters. The van der Waals surface area contributed by atoms with Crippen LogP contribution in [0.15, 0.2) is 29.4 Å². The van der Waals surface area contributed by atoms with E-state index in [1.807, 2.05) is 0 Å². The van der Waals surface area contributed by atoms with Gasteiger partial charge in [-0.25, -0.2) is 4.39 Å². The van der Waals surface area contributed by atoms with Crippen LogP contribution in [0, 0.1) is 5.82 Å².